The van der Waals surface area contributed by atoms with Crippen LogP contribution in [-0.4, -0.2) is 28.8 Å². The number of benzene rings is 1. The number of methoxy groups -OCH3 is 1. The monoisotopic (exact) mass is 289 g/mol. The van der Waals surface area contributed by atoms with Crippen LogP contribution in [0.3, 0.4) is 0 Å². The van der Waals surface area contributed by atoms with E-state index < -0.39 is 11.7 Å². The maximum absolute atomic E-state index is 11.8. The molecule has 0 aliphatic rings. The maximum atomic E-state index is 11.8. The lowest BCUT2D eigenvalue weighted by atomic mass is 10.1. The molecule has 1 amide bonds. The Balaban J connectivity index is 2.23. The molecule has 6 nitrogen and oxygen atoms in total. The van der Waals surface area contributed by atoms with Crippen molar-refractivity contribution >= 4 is 11.8 Å². The predicted molar refractivity (Wildman–Crippen MR) is 80.4 cm³/mol. The van der Waals surface area contributed by atoms with Crippen LogP contribution in [0.25, 0.3) is 11.3 Å². The summed E-state index contributed by atoms with van der Waals surface area (Å²) in [5, 5.41) is 2.70. The lowest BCUT2D eigenvalue weighted by molar-refractivity contribution is 0.0636. The number of ether oxygens (including phenoxy) is 2. The molecule has 0 unspecified atom stereocenters. The molecule has 1 aromatic carbocycles. The van der Waals surface area contributed by atoms with Crippen LogP contribution in [0.4, 0.5) is 10.5 Å². The molecule has 6 heteroatoms. The van der Waals surface area contributed by atoms with Crippen molar-refractivity contribution in [1.29, 1.82) is 0 Å². The maximum Gasteiger partial charge on any atom is 0.412 e. The number of hydrogen-bond donors (Lipinski definition) is 2. The van der Waals surface area contributed by atoms with Crippen LogP contribution in [0.15, 0.2) is 30.7 Å². The molecule has 21 heavy (non-hydrogen) atoms. The van der Waals surface area contributed by atoms with E-state index in [2.05, 4.69) is 15.3 Å². The quantitative estimate of drug-likeness (QED) is 0.907. The summed E-state index contributed by atoms with van der Waals surface area (Å²) >= 11 is 0. The Morgan fingerprint density at radius 1 is 1.33 bits per heavy atom. The lowest BCUT2D eigenvalue weighted by Gasteiger charge is -2.20. The fourth-order valence-corrected chi connectivity index (χ4v) is 1.82. The molecule has 0 saturated heterocycles. The molecule has 2 rings (SSSR count). The molecule has 1 heterocycles. The Hall–Kier alpha value is -2.50. The van der Waals surface area contributed by atoms with Crippen LogP contribution in [0.1, 0.15) is 20.8 Å². The third kappa shape index (κ3) is 3.98. The van der Waals surface area contributed by atoms with Gasteiger partial charge in [-0.25, -0.2) is 9.78 Å². The first-order valence-electron chi connectivity index (χ1n) is 6.56. The average molecular weight is 289 g/mol. The van der Waals surface area contributed by atoms with Gasteiger partial charge in [0.05, 0.1) is 25.3 Å². The van der Waals surface area contributed by atoms with Crippen molar-refractivity contribution in [3.8, 4) is 17.0 Å². The molecule has 2 N–H and O–H groups in total. The van der Waals surface area contributed by atoms with Gasteiger partial charge >= 0.3 is 6.09 Å². The number of imidazole rings is 1. The second-order valence-corrected chi connectivity index (χ2v) is 5.51. The van der Waals surface area contributed by atoms with Crippen LogP contribution >= 0.6 is 0 Å². The number of nitrogens with zero attached hydrogens (tertiary/aromatic N) is 1. The van der Waals surface area contributed by atoms with Crippen LogP contribution in [0.5, 0.6) is 5.75 Å². The summed E-state index contributed by atoms with van der Waals surface area (Å²) in [5.74, 6) is 0.689. The second-order valence-electron chi connectivity index (χ2n) is 5.51. The van der Waals surface area contributed by atoms with Crippen LogP contribution in [0, 0.1) is 0 Å². The summed E-state index contributed by atoms with van der Waals surface area (Å²) < 4.78 is 10.5. The number of H-pyrrole nitrogens is 1. The zero-order chi connectivity index (χ0) is 15.5. The molecule has 0 aliphatic carbocycles. The van der Waals surface area contributed by atoms with Gasteiger partial charge in [0.15, 0.2) is 0 Å². The van der Waals surface area contributed by atoms with E-state index in [1.165, 1.54) is 0 Å². The van der Waals surface area contributed by atoms with Gasteiger partial charge in [-0.05, 0) is 39.0 Å². The molecular weight excluding hydrogens is 270 g/mol. The van der Waals surface area contributed by atoms with Gasteiger partial charge in [0.25, 0.3) is 0 Å². The normalized spacial score (nSPS) is 11.0. The molecule has 0 fully saturated rings. The van der Waals surface area contributed by atoms with E-state index in [9.17, 15) is 4.79 Å². The third-order valence-corrected chi connectivity index (χ3v) is 2.63. The van der Waals surface area contributed by atoms with Gasteiger partial charge < -0.3 is 14.5 Å². The van der Waals surface area contributed by atoms with Gasteiger partial charge in [-0.1, -0.05) is 0 Å². The van der Waals surface area contributed by atoms with Gasteiger partial charge in [-0.15, -0.1) is 0 Å². The van der Waals surface area contributed by atoms with Crippen LogP contribution < -0.4 is 10.1 Å². The third-order valence-electron chi connectivity index (χ3n) is 2.63. The minimum atomic E-state index is -0.539. The Morgan fingerprint density at radius 2 is 2.10 bits per heavy atom. The largest absolute Gasteiger partial charge is 0.496 e. The summed E-state index contributed by atoms with van der Waals surface area (Å²) in [6.45, 7) is 5.45. The Morgan fingerprint density at radius 3 is 2.67 bits per heavy atom. The number of hydrogen-bond acceptors (Lipinski definition) is 4. The van der Waals surface area contributed by atoms with Crippen LogP contribution in [0.2, 0.25) is 0 Å². The standard InChI is InChI=1S/C15H19N3O3/c1-15(2,3)21-14(19)18-10-5-6-13(20-4)11(7-10)12-8-16-9-17-12/h5-9H,1-4H3,(H,16,17)(H,18,19). The van der Waals surface area contributed by atoms with Gasteiger partial charge in [0, 0.05) is 11.3 Å². The van der Waals surface area contributed by atoms with E-state index in [0.717, 1.165) is 11.3 Å². The van der Waals surface area contributed by atoms with Crippen molar-refractivity contribution in [2.75, 3.05) is 12.4 Å². The molecule has 0 radical (unpaired) electrons. The van der Waals surface area contributed by atoms with Crippen molar-refractivity contribution in [1.82, 2.24) is 9.97 Å². The van der Waals surface area contributed by atoms with E-state index in [1.54, 1.807) is 37.8 Å². The van der Waals surface area contributed by atoms with Gasteiger partial charge in [0.2, 0.25) is 0 Å². The number of carbonyl (C=O) groups is 1. The highest BCUT2D eigenvalue weighted by molar-refractivity contribution is 5.86. The highest BCUT2D eigenvalue weighted by atomic mass is 16.6. The van der Waals surface area contributed by atoms with Gasteiger partial charge in [-0.2, -0.15) is 0 Å². The first-order chi connectivity index (χ1) is 9.89. The number of nitrogens with one attached hydrogen (secondary N) is 2. The summed E-state index contributed by atoms with van der Waals surface area (Å²) in [5.41, 5.74) is 1.70. The molecule has 0 atom stereocenters. The number of amides is 1. The van der Waals surface area contributed by atoms with Gasteiger partial charge in [0.1, 0.15) is 11.4 Å². The zero-order valence-electron chi connectivity index (χ0n) is 12.6. The van der Waals surface area contributed by atoms with E-state index >= 15 is 0 Å². The predicted octanol–water partition coefficient (Wildman–Crippen LogP) is 3.43. The molecule has 0 aliphatic heterocycles. The minimum absolute atomic E-state index is 0.497. The number of rotatable bonds is 3. The SMILES string of the molecule is COc1ccc(NC(=O)OC(C)(C)C)cc1-c1cnc[nH]1. The van der Waals surface area contributed by atoms with Crippen molar-refractivity contribution in [2.24, 2.45) is 0 Å². The zero-order valence-corrected chi connectivity index (χ0v) is 12.6. The van der Waals surface area contributed by atoms with E-state index in [-0.39, 0.29) is 0 Å². The highest BCUT2D eigenvalue weighted by Crippen LogP contribution is 2.31. The summed E-state index contributed by atoms with van der Waals surface area (Å²) in [6, 6.07) is 5.34. The fourth-order valence-electron chi connectivity index (χ4n) is 1.82. The Labute approximate surface area is 123 Å². The number of anilines is 1. The van der Waals surface area contributed by atoms with E-state index in [1.807, 2.05) is 20.8 Å². The topological polar surface area (TPSA) is 76.2 Å². The smallest absolute Gasteiger partial charge is 0.412 e. The van der Waals surface area contributed by atoms with Crippen molar-refractivity contribution < 1.29 is 14.3 Å². The van der Waals surface area contributed by atoms with E-state index in [0.29, 0.717) is 11.4 Å². The Bertz CT molecular complexity index is 616. The van der Waals surface area contributed by atoms with E-state index in [4.69, 9.17) is 9.47 Å². The molecular formula is C15H19N3O3. The lowest BCUT2D eigenvalue weighted by Crippen LogP contribution is -2.27. The molecule has 0 bridgehead atoms. The average Bonchev–Trinajstić information content (AvgIpc) is 2.90. The molecule has 0 saturated carbocycles. The van der Waals surface area contributed by atoms with Crippen molar-refractivity contribution in [3.05, 3.63) is 30.7 Å². The Kier molecular flexibility index (Phi) is 4.16. The summed E-state index contributed by atoms with van der Waals surface area (Å²) in [4.78, 5) is 18.8. The summed E-state index contributed by atoms with van der Waals surface area (Å²) in [6.07, 6.45) is 2.78. The fraction of sp³-hybridized carbons (Fsp3) is 0.333. The first-order valence-corrected chi connectivity index (χ1v) is 6.56. The molecule has 2 aromatic rings. The highest BCUT2D eigenvalue weighted by Gasteiger charge is 2.17. The first kappa shape index (κ1) is 14.9. The van der Waals surface area contributed by atoms with Crippen LogP contribution in [-0.2, 0) is 4.74 Å². The number of aromatic nitrogens is 2. The summed E-state index contributed by atoms with van der Waals surface area (Å²) in [7, 11) is 1.59. The van der Waals surface area contributed by atoms with Crippen molar-refractivity contribution in [3.63, 3.8) is 0 Å². The second kappa shape index (κ2) is 5.87. The molecule has 112 valence electrons. The minimum Gasteiger partial charge on any atom is -0.496 e. The number of carbonyl (C=O) groups excluding carboxylic acids is 1. The molecule has 0 spiro atoms. The van der Waals surface area contributed by atoms with Gasteiger partial charge in [-0.3, -0.25) is 5.32 Å². The molecule has 1 aromatic heterocycles. The van der Waals surface area contributed by atoms with Crippen molar-refractivity contribution in [2.45, 2.75) is 26.4 Å². The number of aromatic amines is 1.